The predicted octanol–water partition coefficient (Wildman–Crippen LogP) is 3.83. The molecule has 4 heteroatoms. The van der Waals surface area contributed by atoms with E-state index < -0.39 is 0 Å². The summed E-state index contributed by atoms with van der Waals surface area (Å²) in [5, 5.41) is 2.86. The van der Waals surface area contributed by atoms with E-state index in [4.69, 9.17) is 11.6 Å². The van der Waals surface area contributed by atoms with Gasteiger partial charge in [0.25, 0.3) is 5.91 Å². The van der Waals surface area contributed by atoms with Crippen molar-refractivity contribution >= 4 is 28.8 Å². The van der Waals surface area contributed by atoms with Crippen LogP contribution in [-0.2, 0) is 0 Å². The van der Waals surface area contributed by atoms with Gasteiger partial charge in [-0.3, -0.25) is 4.79 Å². The molecule has 0 spiro atoms. The van der Waals surface area contributed by atoms with Crippen LogP contribution in [0.4, 0.5) is 0 Å². The maximum Gasteiger partial charge on any atom is 0.261 e. The lowest BCUT2D eigenvalue weighted by Gasteiger charge is -2.21. The minimum absolute atomic E-state index is 0.0139. The zero-order chi connectivity index (χ0) is 13.1. The topological polar surface area (TPSA) is 29.1 Å². The Labute approximate surface area is 112 Å². The summed E-state index contributed by atoms with van der Waals surface area (Å²) in [4.78, 5) is 13.7. The molecule has 2 nitrogen and oxygen atoms in total. The maximum atomic E-state index is 11.8. The standard InChI is InChI=1S/C13H20ClNOS/c1-9-5-6-11(17-9)12(16)15-8-10(14)7-13(2,3)4/h5-6,10H,7-8H2,1-4H3,(H,15,16). The molecule has 1 rings (SSSR count). The van der Waals surface area contributed by atoms with Crippen molar-refractivity contribution in [3.05, 3.63) is 21.9 Å². The van der Waals surface area contributed by atoms with Gasteiger partial charge < -0.3 is 5.32 Å². The second kappa shape index (κ2) is 5.87. The molecule has 1 amide bonds. The van der Waals surface area contributed by atoms with E-state index in [1.807, 2.05) is 19.1 Å². The summed E-state index contributed by atoms with van der Waals surface area (Å²) in [6, 6.07) is 3.80. The molecule has 1 heterocycles. The van der Waals surface area contributed by atoms with Gasteiger partial charge in [-0.15, -0.1) is 22.9 Å². The molecule has 0 aliphatic carbocycles. The highest BCUT2D eigenvalue weighted by Gasteiger charge is 2.17. The highest BCUT2D eigenvalue weighted by atomic mass is 35.5. The van der Waals surface area contributed by atoms with Crippen LogP contribution in [0, 0.1) is 12.3 Å². The average molecular weight is 274 g/mol. The van der Waals surface area contributed by atoms with Crippen molar-refractivity contribution in [2.24, 2.45) is 5.41 Å². The van der Waals surface area contributed by atoms with E-state index in [0.29, 0.717) is 6.54 Å². The number of aryl methyl sites for hydroxylation is 1. The Morgan fingerprint density at radius 2 is 2.12 bits per heavy atom. The monoisotopic (exact) mass is 273 g/mol. The van der Waals surface area contributed by atoms with Crippen LogP contribution in [0.1, 0.15) is 41.7 Å². The number of hydrogen-bond acceptors (Lipinski definition) is 2. The number of hydrogen-bond donors (Lipinski definition) is 1. The van der Waals surface area contributed by atoms with Crippen LogP contribution in [-0.4, -0.2) is 17.8 Å². The zero-order valence-electron chi connectivity index (χ0n) is 10.8. The summed E-state index contributed by atoms with van der Waals surface area (Å²) in [6.07, 6.45) is 0.887. The third-order valence-electron chi connectivity index (χ3n) is 2.28. The number of carbonyl (C=O) groups is 1. The minimum Gasteiger partial charge on any atom is -0.350 e. The van der Waals surface area contributed by atoms with Crippen molar-refractivity contribution in [1.82, 2.24) is 5.32 Å². The van der Waals surface area contributed by atoms with Crippen molar-refractivity contribution in [1.29, 1.82) is 0 Å². The van der Waals surface area contributed by atoms with Crippen LogP contribution < -0.4 is 5.32 Å². The van der Waals surface area contributed by atoms with Crippen LogP contribution in [0.2, 0.25) is 0 Å². The molecule has 0 bridgehead atoms. The minimum atomic E-state index is -0.0253. The number of thiophene rings is 1. The summed E-state index contributed by atoms with van der Waals surface area (Å²) >= 11 is 7.70. The molecule has 0 radical (unpaired) electrons. The molecule has 17 heavy (non-hydrogen) atoms. The first kappa shape index (κ1) is 14.5. The van der Waals surface area contributed by atoms with E-state index in [1.54, 1.807) is 0 Å². The molecule has 1 aromatic rings. The number of carbonyl (C=O) groups excluding carboxylic acids is 1. The quantitative estimate of drug-likeness (QED) is 0.830. The fourth-order valence-electron chi connectivity index (χ4n) is 1.58. The highest BCUT2D eigenvalue weighted by molar-refractivity contribution is 7.13. The molecule has 0 fully saturated rings. The number of halogens is 1. The SMILES string of the molecule is Cc1ccc(C(=O)NCC(Cl)CC(C)(C)C)s1. The van der Waals surface area contributed by atoms with Crippen molar-refractivity contribution < 1.29 is 4.79 Å². The van der Waals surface area contributed by atoms with E-state index in [-0.39, 0.29) is 16.7 Å². The predicted molar refractivity (Wildman–Crippen MR) is 75.1 cm³/mol. The van der Waals surface area contributed by atoms with Crippen LogP contribution in [0.15, 0.2) is 12.1 Å². The molecule has 1 atom stereocenters. The molecular formula is C13H20ClNOS. The van der Waals surface area contributed by atoms with E-state index >= 15 is 0 Å². The Balaban J connectivity index is 2.38. The third-order valence-corrected chi connectivity index (χ3v) is 3.59. The van der Waals surface area contributed by atoms with Gasteiger partial charge in [0.05, 0.1) is 10.3 Å². The van der Waals surface area contributed by atoms with Gasteiger partial charge in [0.2, 0.25) is 0 Å². The first-order valence-corrected chi connectivity index (χ1v) is 7.02. The Kier molecular flexibility index (Phi) is 5.02. The van der Waals surface area contributed by atoms with Gasteiger partial charge in [0.1, 0.15) is 0 Å². The number of alkyl halides is 1. The fraction of sp³-hybridized carbons (Fsp3) is 0.615. The lowest BCUT2D eigenvalue weighted by molar-refractivity contribution is 0.0956. The second-order valence-electron chi connectivity index (χ2n) is 5.48. The molecule has 96 valence electrons. The smallest absolute Gasteiger partial charge is 0.261 e. The summed E-state index contributed by atoms with van der Waals surface area (Å²) in [6.45, 7) is 8.95. The van der Waals surface area contributed by atoms with Gasteiger partial charge in [-0.25, -0.2) is 0 Å². The van der Waals surface area contributed by atoms with Crippen LogP contribution >= 0.6 is 22.9 Å². The Hall–Kier alpha value is -0.540. The van der Waals surface area contributed by atoms with Crippen molar-refractivity contribution in [3.8, 4) is 0 Å². The van der Waals surface area contributed by atoms with Crippen molar-refractivity contribution in [2.75, 3.05) is 6.54 Å². The second-order valence-corrected chi connectivity index (χ2v) is 7.39. The molecule has 0 aliphatic rings. The summed E-state index contributed by atoms with van der Waals surface area (Å²) in [5.74, 6) is -0.0253. The zero-order valence-corrected chi connectivity index (χ0v) is 12.4. The van der Waals surface area contributed by atoms with Gasteiger partial charge in [0, 0.05) is 11.4 Å². The number of rotatable bonds is 4. The van der Waals surface area contributed by atoms with Gasteiger partial charge in [-0.1, -0.05) is 20.8 Å². The average Bonchev–Trinajstić information content (AvgIpc) is 2.58. The Morgan fingerprint density at radius 3 is 2.59 bits per heavy atom. The lowest BCUT2D eigenvalue weighted by Crippen LogP contribution is -2.31. The molecule has 0 aromatic carbocycles. The maximum absolute atomic E-state index is 11.8. The largest absolute Gasteiger partial charge is 0.350 e. The van der Waals surface area contributed by atoms with E-state index in [9.17, 15) is 4.79 Å². The first-order chi connectivity index (χ1) is 7.78. The lowest BCUT2D eigenvalue weighted by atomic mass is 9.90. The van der Waals surface area contributed by atoms with Gasteiger partial charge in [-0.05, 0) is 30.9 Å². The highest BCUT2D eigenvalue weighted by Crippen LogP contribution is 2.23. The van der Waals surface area contributed by atoms with Crippen LogP contribution in [0.25, 0.3) is 0 Å². The van der Waals surface area contributed by atoms with E-state index in [1.165, 1.54) is 11.3 Å². The Bertz CT molecular complexity index is 381. The molecular weight excluding hydrogens is 254 g/mol. The Morgan fingerprint density at radius 1 is 1.47 bits per heavy atom. The normalized spacial score (nSPS) is 13.5. The third kappa shape index (κ3) is 5.55. The van der Waals surface area contributed by atoms with Gasteiger partial charge >= 0.3 is 0 Å². The molecule has 1 N–H and O–H groups in total. The summed E-state index contributed by atoms with van der Waals surface area (Å²) < 4.78 is 0. The molecule has 1 unspecified atom stereocenters. The van der Waals surface area contributed by atoms with E-state index in [2.05, 4.69) is 26.1 Å². The molecule has 0 aliphatic heterocycles. The summed E-state index contributed by atoms with van der Waals surface area (Å²) in [5.41, 5.74) is 0.191. The fourth-order valence-corrected chi connectivity index (χ4v) is 2.91. The molecule has 1 aromatic heterocycles. The van der Waals surface area contributed by atoms with Crippen LogP contribution in [0.3, 0.4) is 0 Å². The van der Waals surface area contributed by atoms with Crippen LogP contribution in [0.5, 0.6) is 0 Å². The summed E-state index contributed by atoms with van der Waals surface area (Å²) in [7, 11) is 0. The molecule has 0 saturated carbocycles. The van der Waals surface area contributed by atoms with Gasteiger partial charge in [-0.2, -0.15) is 0 Å². The van der Waals surface area contributed by atoms with Gasteiger partial charge in [0.15, 0.2) is 0 Å². The molecule has 0 saturated heterocycles. The van der Waals surface area contributed by atoms with Crippen molar-refractivity contribution in [3.63, 3.8) is 0 Å². The van der Waals surface area contributed by atoms with Crippen molar-refractivity contribution in [2.45, 2.75) is 39.5 Å². The number of amides is 1. The first-order valence-electron chi connectivity index (χ1n) is 5.76. The van der Waals surface area contributed by atoms with E-state index in [0.717, 1.165) is 16.2 Å². The number of nitrogens with one attached hydrogen (secondary N) is 1.